The van der Waals surface area contributed by atoms with Crippen LogP contribution in [0.15, 0.2) is 40.9 Å². The molecule has 4 rings (SSSR count). The van der Waals surface area contributed by atoms with Crippen LogP contribution in [0.2, 0.25) is 5.02 Å². The molecule has 5 N–H and O–H groups in total. The van der Waals surface area contributed by atoms with Crippen LogP contribution in [0.25, 0.3) is 0 Å². The third-order valence-corrected chi connectivity index (χ3v) is 7.96. The van der Waals surface area contributed by atoms with Gasteiger partial charge in [-0.25, -0.2) is 4.39 Å². The van der Waals surface area contributed by atoms with Gasteiger partial charge in [0.15, 0.2) is 0 Å². The predicted molar refractivity (Wildman–Crippen MR) is 185 cm³/mol. The Bertz CT molecular complexity index is 1220. The minimum Gasteiger partial charge on any atom is -0.394 e. The van der Waals surface area contributed by atoms with E-state index in [1.807, 2.05) is 24.3 Å². The first-order valence-electron chi connectivity index (χ1n) is 12.3. The van der Waals surface area contributed by atoms with Gasteiger partial charge < -0.3 is 26.2 Å². The highest BCUT2D eigenvalue weighted by atomic mass is 79.9. The Kier molecular flexibility index (Phi) is 17.0. The molecule has 240 valence electrons. The molecule has 0 aromatic heterocycles. The molecule has 1 spiro atoms. The molecular formula is C30H48BrClFN3O4S2. The molecule has 2 aromatic carbocycles. The first kappa shape index (κ1) is 42.8. The van der Waals surface area contributed by atoms with Crippen molar-refractivity contribution in [1.29, 1.82) is 0 Å². The van der Waals surface area contributed by atoms with Gasteiger partial charge in [-0.15, -0.1) is 0 Å². The standard InChI is InChI=1S/C27H32BrClFN3O4.3CH4.2H2S/c1-26(2,3)12-21-27(17-10-19(30)18(29)11-20(17)32-25(27)37)22(14-5-4-6-15(28)9-14)23(33-21)24(36)31-8-7-16(35)13-34;;;;;/h4-6,9-11,16,21-23,33-35H,7-8,12-13H2,1-3H3,(H,31,36)(H,32,37);3*1H4;2*1H2/t16-,21+,22-,23+,27-;;;;;/m0...../s1. The fourth-order valence-corrected chi connectivity index (χ4v) is 6.28. The smallest absolute Gasteiger partial charge is 0.237 e. The summed E-state index contributed by atoms with van der Waals surface area (Å²) in [7, 11) is 0. The molecule has 2 aliphatic rings. The van der Waals surface area contributed by atoms with Crippen LogP contribution in [-0.2, 0) is 15.0 Å². The van der Waals surface area contributed by atoms with E-state index in [-0.39, 0.29) is 84.5 Å². The van der Waals surface area contributed by atoms with Gasteiger partial charge in [-0.2, -0.15) is 27.0 Å². The molecule has 2 aromatic rings. The summed E-state index contributed by atoms with van der Waals surface area (Å²) in [6.07, 6.45) is -0.236. The molecule has 42 heavy (non-hydrogen) atoms. The number of fused-ring (bicyclic) bond motifs is 2. The van der Waals surface area contributed by atoms with Gasteiger partial charge in [-0.3, -0.25) is 9.59 Å². The van der Waals surface area contributed by atoms with Gasteiger partial charge in [0.1, 0.15) is 11.2 Å². The number of carbonyl (C=O) groups is 2. The fraction of sp³-hybridized carbons (Fsp3) is 0.533. The highest BCUT2D eigenvalue weighted by molar-refractivity contribution is 9.10. The molecule has 2 heterocycles. The van der Waals surface area contributed by atoms with Gasteiger partial charge in [0, 0.05) is 28.7 Å². The molecule has 2 amide bonds. The second kappa shape index (κ2) is 16.7. The van der Waals surface area contributed by atoms with E-state index >= 15 is 0 Å². The molecule has 0 radical (unpaired) electrons. The van der Waals surface area contributed by atoms with Gasteiger partial charge in [-0.05, 0) is 53.6 Å². The summed E-state index contributed by atoms with van der Waals surface area (Å²) in [5.41, 5.74) is 0.131. The molecule has 1 fully saturated rings. The summed E-state index contributed by atoms with van der Waals surface area (Å²) < 4.78 is 15.7. The average Bonchev–Trinajstić information content (AvgIpc) is 3.28. The molecule has 12 heteroatoms. The molecule has 2 aliphatic heterocycles. The molecule has 0 unspecified atom stereocenters. The van der Waals surface area contributed by atoms with Crippen molar-refractivity contribution in [2.45, 2.75) is 85.4 Å². The number of nitrogens with one attached hydrogen (secondary N) is 3. The van der Waals surface area contributed by atoms with Crippen LogP contribution in [0.4, 0.5) is 10.1 Å². The van der Waals surface area contributed by atoms with Crippen LogP contribution in [0.3, 0.4) is 0 Å². The number of anilines is 1. The maximum Gasteiger partial charge on any atom is 0.237 e. The minimum atomic E-state index is -1.29. The molecule has 0 bridgehead atoms. The van der Waals surface area contributed by atoms with Crippen molar-refractivity contribution in [2.24, 2.45) is 5.41 Å². The zero-order chi connectivity index (χ0) is 27.1. The Morgan fingerprint density at radius 3 is 2.40 bits per heavy atom. The summed E-state index contributed by atoms with van der Waals surface area (Å²) in [6.45, 7) is 5.90. The molecule has 0 saturated carbocycles. The van der Waals surface area contributed by atoms with Crippen molar-refractivity contribution in [1.82, 2.24) is 10.6 Å². The van der Waals surface area contributed by atoms with Crippen molar-refractivity contribution in [2.75, 3.05) is 18.5 Å². The normalized spacial score (nSPS) is 22.7. The van der Waals surface area contributed by atoms with E-state index in [0.29, 0.717) is 17.7 Å². The lowest BCUT2D eigenvalue weighted by atomic mass is 9.62. The molecule has 1 saturated heterocycles. The quantitative estimate of drug-likeness (QED) is 0.243. The molecule has 0 aliphatic carbocycles. The topological polar surface area (TPSA) is 111 Å². The first-order valence-corrected chi connectivity index (χ1v) is 13.4. The van der Waals surface area contributed by atoms with Crippen LogP contribution in [-0.4, -0.2) is 53.4 Å². The van der Waals surface area contributed by atoms with Crippen molar-refractivity contribution >= 4 is 72.0 Å². The highest BCUT2D eigenvalue weighted by Crippen LogP contribution is 2.57. The van der Waals surface area contributed by atoms with E-state index in [2.05, 4.69) is 52.7 Å². The molecular weight excluding hydrogens is 665 g/mol. The number of hydrogen-bond donors (Lipinski definition) is 5. The molecule has 7 nitrogen and oxygen atoms in total. The van der Waals surface area contributed by atoms with Crippen molar-refractivity contribution in [3.05, 3.63) is 62.8 Å². The Balaban J connectivity index is 0. The van der Waals surface area contributed by atoms with Crippen molar-refractivity contribution < 1.29 is 24.2 Å². The van der Waals surface area contributed by atoms with Gasteiger partial charge in [0.2, 0.25) is 11.8 Å². The summed E-state index contributed by atoms with van der Waals surface area (Å²) in [5, 5.41) is 27.9. The lowest BCUT2D eigenvalue weighted by Crippen LogP contribution is -2.49. The monoisotopic (exact) mass is 711 g/mol. The average molecular weight is 713 g/mol. The van der Waals surface area contributed by atoms with Crippen LogP contribution >= 0.6 is 54.5 Å². The van der Waals surface area contributed by atoms with Gasteiger partial charge in [-0.1, -0.05) is 82.7 Å². The number of benzene rings is 2. The van der Waals surface area contributed by atoms with Crippen molar-refractivity contribution in [3.8, 4) is 0 Å². The highest BCUT2D eigenvalue weighted by Gasteiger charge is 2.65. The van der Waals surface area contributed by atoms with Crippen LogP contribution in [0.5, 0.6) is 0 Å². The lowest BCUT2D eigenvalue weighted by molar-refractivity contribution is -0.124. The second-order valence-corrected chi connectivity index (χ2v) is 12.4. The summed E-state index contributed by atoms with van der Waals surface area (Å²) in [6, 6.07) is 8.85. The van der Waals surface area contributed by atoms with E-state index in [4.69, 9.17) is 16.7 Å². The molecule has 5 atom stereocenters. The maximum atomic E-state index is 14.9. The fourth-order valence-electron chi connectivity index (χ4n) is 5.70. The summed E-state index contributed by atoms with van der Waals surface area (Å²) in [5.74, 6) is -1.98. The zero-order valence-corrected chi connectivity index (χ0v) is 26.3. The van der Waals surface area contributed by atoms with E-state index in [9.17, 15) is 19.1 Å². The van der Waals surface area contributed by atoms with E-state index in [0.717, 1.165) is 10.0 Å². The van der Waals surface area contributed by atoms with E-state index < -0.39 is 41.9 Å². The van der Waals surface area contributed by atoms with Crippen LogP contribution in [0, 0.1) is 11.2 Å². The second-order valence-electron chi connectivity index (χ2n) is 11.0. The van der Waals surface area contributed by atoms with E-state index in [1.54, 1.807) is 0 Å². The Morgan fingerprint density at radius 1 is 1.19 bits per heavy atom. The maximum absolute atomic E-state index is 14.9. The SMILES string of the molecule is C.C.C.CC(C)(C)C[C@H]1N[C@@H](C(=O)NCC[C@H](O)CO)[C@H](c2cccc(Br)c2)[C@@]12C(=O)Nc1cc(Cl)c(F)cc12.S.S. The Labute approximate surface area is 277 Å². The summed E-state index contributed by atoms with van der Waals surface area (Å²) in [4.78, 5) is 27.7. The number of carbonyl (C=O) groups excluding carboxylic acids is 2. The van der Waals surface area contributed by atoms with E-state index in [1.165, 1.54) is 12.1 Å². The third-order valence-electron chi connectivity index (χ3n) is 7.18. The van der Waals surface area contributed by atoms with Gasteiger partial charge >= 0.3 is 0 Å². The Morgan fingerprint density at radius 2 is 1.83 bits per heavy atom. The number of amides is 2. The number of aliphatic hydroxyl groups is 2. The number of aliphatic hydroxyl groups excluding tert-OH is 2. The summed E-state index contributed by atoms with van der Waals surface area (Å²) >= 11 is 9.59. The van der Waals surface area contributed by atoms with Gasteiger partial charge in [0.05, 0.1) is 23.8 Å². The van der Waals surface area contributed by atoms with Crippen LogP contribution < -0.4 is 16.0 Å². The van der Waals surface area contributed by atoms with Gasteiger partial charge in [0.25, 0.3) is 0 Å². The first-order chi connectivity index (χ1) is 17.4. The minimum absolute atomic E-state index is 0. The lowest BCUT2D eigenvalue weighted by Gasteiger charge is -2.37. The number of rotatable bonds is 7. The largest absolute Gasteiger partial charge is 0.394 e. The van der Waals surface area contributed by atoms with Crippen LogP contribution in [0.1, 0.15) is 72.9 Å². The predicted octanol–water partition coefficient (Wildman–Crippen LogP) is 5.99. The number of hydrogen-bond acceptors (Lipinski definition) is 5. The zero-order valence-electron chi connectivity index (χ0n) is 21.9. The third kappa shape index (κ3) is 8.22. The Hall–Kier alpha value is -1.34. The number of halogens is 3. The van der Waals surface area contributed by atoms with Crippen molar-refractivity contribution in [3.63, 3.8) is 0 Å².